The van der Waals surface area contributed by atoms with Crippen molar-refractivity contribution in [3.8, 4) is 5.75 Å². The van der Waals surface area contributed by atoms with E-state index in [1.807, 2.05) is 7.05 Å². The highest BCUT2D eigenvalue weighted by Crippen LogP contribution is 2.48. The quantitative estimate of drug-likeness (QED) is 0.873. The summed E-state index contributed by atoms with van der Waals surface area (Å²) in [4.78, 5) is 0. The highest BCUT2D eigenvalue weighted by atomic mass is 16.5. The van der Waals surface area contributed by atoms with Gasteiger partial charge in [0, 0.05) is 12.1 Å². The maximum Gasteiger partial charge on any atom is 0.123 e. The van der Waals surface area contributed by atoms with Crippen LogP contribution in [-0.4, -0.2) is 13.7 Å². The second-order valence-electron chi connectivity index (χ2n) is 6.39. The van der Waals surface area contributed by atoms with Crippen LogP contribution in [0.1, 0.15) is 36.8 Å². The van der Waals surface area contributed by atoms with Crippen molar-refractivity contribution in [2.75, 3.05) is 13.7 Å². The molecule has 2 nitrogen and oxygen atoms in total. The van der Waals surface area contributed by atoms with E-state index in [2.05, 4.69) is 30.4 Å². The molecule has 1 N–H and O–H groups in total. The molecule has 2 bridgehead atoms. The molecule has 3 atom stereocenters. The summed E-state index contributed by atoms with van der Waals surface area (Å²) in [6, 6.07) is 6.51. The Morgan fingerprint density at radius 1 is 1.26 bits per heavy atom. The number of ether oxygens (including phenoxy) is 1. The van der Waals surface area contributed by atoms with E-state index in [0.717, 1.165) is 36.7 Å². The van der Waals surface area contributed by atoms with Crippen molar-refractivity contribution in [3.63, 3.8) is 0 Å². The average molecular weight is 259 g/mol. The van der Waals surface area contributed by atoms with Crippen molar-refractivity contribution < 1.29 is 4.74 Å². The molecule has 0 aliphatic heterocycles. The van der Waals surface area contributed by atoms with Gasteiger partial charge in [0.2, 0.25) is 0 Å². The fraction of sp³-hybridized carbons (Fsp3) is 0.647. The van der Waals surface area contributed by atoms with Crippen LogP contribution in [0.3, 0.4) is 0 Å². The van der Waals surface area contributed by atoms with Gasteiger partial charge in [-0.3, -0.25) is 0 Å². The van der Waals surface area contributed by atoms with Crippen LogP contribution in [0.4, 0.5) is 0 Å². The van der Waals surface area contributed by atoms with E-state index in [-0.39, 0.29) is 0 Å². The minimum absolute atomic E-state index is 0.808. The predicted octanol–water partition coefficient (Wildman–Crippen LogP) is 3.53. The van der Waals surface area contributed by atoms with Crippen LogP contribution in [0.15, 0.2) is 18.2 Å². The van der Waals surface area contributed by atoms with Gasteiger partial charge in [0.1, 0.15) is 5.75 Å². The Balaban J connectivity index is 1.63. The Bertz CT molecular complexity index is 443. The van der Waals surface area contributed by atoms with Gasteiger partial charge in [0.15, 0.2) is 0 Å². The number of aryl methyl sites for hydroxylation is 1. The Morgan fingerprint density at radius 3 is 2.84 bits per heavy atom. The van der Waals surface area contributed by atoms with Gasteiger partial charge >= 0.3 is 0 Å². The first-order chi connectivity index (χ1) is 9.26. The molecule has 0 aromatic heterocycles. The summed E-state index contributed by atoms with van der Waals surface area (Å²) in [6.07, 6.45) is 5.77. The van der Waals surface area contributed by atoms with Crippen LogP contribution in [0.25, 0.3) is 0 Å². The van der Waals surface area contributed by atoms with Gasteiger partial charge in [-0.05, 0) is 57.1 Å². The molecular weight excluding hydrogens is 234 g/mol. The van der Waals surface area contributed by atoms with Crippen molar-refractivity contribution >= 4 is 0 Å². The maximum absolute atomic E-state index is 6.14. The van der Waals surface area contributed by atoms with Gasteiger partial charge in [-0.15, -0.1) is 0 Å². The summed E-state index contributed by atoms with van der Waals surface area (Å²) in [7, 11) is 1.99. The predicted molar refractivity (Wildman–Crippen MR) is 78.4 cm³/mol. The molecule has 3 unspecified atom stereocenters. The highest BCUT2D eigenvalue weighted by Gasteiger charge is 2.39. The van der Waals surface area contributed by atoms with Crippen LogP contribution in [0.5, 0.6) is 5.75 Å². The second-order valence-corrected chi connectivity index (χ2v) is 6.39. The fourth-order valence-electron chi connectivity index (χ4n) is 3.96. The number of benzene rings is 1. The van der Waals surface area contributed by atoms with E-state index in [0.29, 0.717) is 0 Å². The third-order valence-corrected chi connectivity index (χ3v) is 4.92. The van der Waals surface area contributed by atoms with Gasteiger partial charge in [-0.25, -0.2) is 0 Å². The lowest BCUT2D eigenvalue weighted by atomic mass is 9.89. The molecular formula is C17H25NO. The van der Waals surface area contributed by atoms with E-state index in [1.165, 1.54) is 36.8 Å². The number of hydrogen-bond acceptors (Lipinski definition) is 2. The summed E-state index contributed by atoms with van der Waals surface area (Å²) in [6.45, 7) is 3.94. The standard InChI is InChI=1S/C17H25NO/c1-12-3-6-17(15(7-12)10-18-2)19-11-16-9-13-4-5-14(16)8-13/h3,6-7,13-14,16,18H,4-5,8-11H2,1-2H3. The lowest BCUT2D eigenvalue weighted by Crippen LogP contribution is -2.19. The van der Waals surface area contributed by atoms with E-state index in [1.54, 1.807) is 0 Å². The van der Waals surface area contributed by atoms with Crippen molar-refractivity contribution in [1.29, 1.82) is 0 Å². The smallest absolute Gasteiger partial charge is 0.123 e. The Kier molecular flexibility index (Phi) is 3.79. The first kappa shape index (κ1) is 13.0. The van der Waals surface area contributed by atoms with Gasteiger partial charge < -0.3 is 10.1 Å². The van der Waals surface area contributed by atoms with E-state index < -0.39 is 0 Å². The fourth-order valence-corrected chi connectivity index (χ4v) is 3.96. The summed E-state index contributed by atoms with van der Waals surface area (Å²) < 4.78 is 6.14. The van der Waals surface area contributed by atoms with E-state index in [9.17, 15) is 0 Å². The first-order valence-corrected chi connectivity index (χ1v) is 7.63. The Hall–Kier alpha value is -1.02. The molecule has 0 amide bonds. The number of fused-ring (bicyclic) bond motifs is 2. The van der Waals surface area contributed by atoms with Gasteiger partial charge in [-0.1, -0.05) is 24.1 Å². The van der Waals surface area contributed by atoms with Crippen molar-refractivity contribution in [1.82, 2.24) is 5.32 Å². The second kappa shape index (κ2) is 5.54. The van der Waals surface area contributed by atoms with Crippen LogP contribution in [0, 0.1) is 24.7 Å². The minimum atomic E-state index is 0.808. The maximum atomic E-state index is 6.14. The third kappa shape index (κ3) is 2.79. The highest BCUT2D eigenvalue weighted by molar-refractivity contribution is 5.36. The topological polar surface area (TPSA) is 21.3 Å². The largest absolute Gasteiger partial charge is 0.493 e. The van der Waals surface area contributed by atoms with Crippen LogP contribution < -0.4 is 10.1 Å². The molecule has 2 heteroatoms. The number of rotatable bonds is 5. The van der Waals surface area contributed by atoms with E-state index >= 15 is 0 Å². The monoisotopic (exact) mass is 259 g/mol. The van der Waals surface area contributed by atoms with Crippen molar-refractivity contribution in [2.45, 2.75) is 39.2 Å². The van der Waals surface area contributed by atoms with Gasteiger partial charge in [0.05, 0.1) is 6.61 Å². The SMILES string of the molecule is CNCc1cc(C)ccc1OCC1CC2CCC1C2. The normalized spacial score (nSPS) is 28.8. The summed E-state index contributed by atoms with van der Waals surface area (Å²) in [5.41, 5.74) is 2.59. The zero-order valence-electron chi connectivity index (χ0n) is 12.1. The van der Waals surface area contributed by atoms with Crippen molar-refractivity contribution in [3.05, 3.63) is 29.3 Å². The molecule has 1 aromatic rings. The van der Waals surface area contributed by atoms with Crippen LogP contribution in [0.2, 0.25) is 0 Å². The van der Waals surface area contributed by atoms with Crippen molar-refractivity contribution in [2.24, 2.45) is 17.8 Å². The molecule has 0 radical (unpaired) electrons. The molecule has 2 aliphatic carbocycles. The Morgan fingerprint density at radius 2 is 2.16 bits per heavy atom. The average Bonchev–Trinajstić information content (AvgIpc) is 3.00. The molecule has 0 spiro atoms. The molecule has 2 saturated carbocycles. The molecule has 104 valence electrons. The molecule has 2 aliphatic rings. The summed E-state index contributed by atoms with van der Waals surface area (Å²) in [5, 5.41) is 3.23. The summed E-state index contributed by atoms with van der Waals surface area (Å²) in [5.74, 6) is 3.84. The van der Waals surface area contributed by atoms with Crippen LogP contribution >= 0.6 is 0 Å². The minimum Gasteiger partial charge on any atom is -0.493 e. The molecule has 2 fully saturated rings. The van der Waals surface area contributed by atoms with Crippen LogP contribution in [-0.2, 0) is 6.54 Å². The number of nitrogens with one attached hydrogen (secondary N) is 1. The first-order valence-electron chi connectivity index (χ1n) is 7.63. The Labute approximate surface area is 116 Å². The van der Waals surface area contributed by atoms with Gasteiger partial charge in [-0.2, -0.15) is 0 Å². The number of hydrogen-bond donors (Lipinski definition) is 1. The lowest BCUT2D eigenvalue weighted by molar-refractivity contribution is 0.194. The molecule has 1 aromatic carbocycles. The molecule has 0 heterocycles. The van der Waals surface area contributed by atoms with Gasteiger partial charge in [0.25, 0.3) is 0 Å². The lowest BCUT2D eigenvalue weighted by Gasteiger charge is -2.22. The summed E-state index contributed by atoms with van der Waals surface area (Å²) >= 11 is 0. The zero-order valence-corrected chi connectivity index (χ0v) is 12.1. The molecule has 3 rings (SSSR count). The molecule has 0 saturated heterocycles. The zero-order chi connectivity index (χ0) is 13.2. The molecule has 19 heavy (non-hydrogen) atoms. The third-order valence-electron chi connectivity index (χ3n) is 4.92. The van der Waals surface area contributed by atoms with E-state index in [4.69, 9.17) is 4.74 Å².